The first kappa shape index (κ1) is 20.5. The average molecular weight is 395 g/mol. The SMILES string of the molecule is O=C(CCNS(=O)(=O)c1ccc(OC(F)(F)F)cc1)NC1CCNCC1. The van der Waals surface area contributed by atoms with Gasteiger partial charge < -0.3 is 15.4 Å². The molecule has 3 N–H and O–H groups in total. The fourth-order valence-corrected chi connectivity index (χ4v) is 3.50. The van der Waals surface area contributed by atoms with Crippen molar-refractivity contribution in [3.63, 3.8) is 0 Å². The number of sulfonamides is 1. The Morgan fingerprint density at radius 1 is 1.19 bits per heavy atom. The van der Waals surface area contributed by atoms with Crippen molar-refractivity contribution in [3.05, 3.63) is 24.3 Å². The number of amides is 1. The smallest absolute Gasteiger partial charge is 0.406 e. The summed E-state index contributed by atoms with van der Waals surface area (Å²) < 4.78 is 66.4. The van der Waals surface area contributed by atoms with Crippen LogP contribution >= 0.6 is 0 Å². The van der Waals surface area contributed by atoms with E-state index in [1.165, 1.54) is 0 Å². The van der Waals surface area contributed by atoms with Crippen LogP contribution in [0.25, 0.3) is 0 Å². The zero-order chi connectivity index (χ0) is 19.2. The highest BCUT2D eigenvalue weighted by atomic mass is 32.2. The lowest BCUT2D eigenvalue weighted by Crippen LogP contribution is -2.43. The Labute approximate surface area is 149 Å². The molecule has 2 rings (SSSR count). The van der Waals surface area contributed by atoms with E-state index in [0.717, 1.165) is 50.2 Å². The van der Waals surface area contributed by atoms with Gasteiger partial charge in [-0.3, -0.25) is 4.79 Å². The highest BCUT2D eigenvalue weighted by Crippen LogP contribution is 2.23. The van der Waals surface area contributed by atoms with Gasteiger partial charge in [0, 0.05) is 19.0 Å². The van der Waals surface area contributed by atoms with Gasteiger partial charge in [0.05, 0.1) is 4.90 Å². The third-order valence-electron chi connectivity index (χ3n) is 3.72. The summed E-state index contributed by atoms with van der Waals surface area (Å²) in [4.78, 5) is 11.6. The number of halogens is 3. The first-order valence-corrected chi connectivity index (χ1v) is 9.49. The van der Waals surface area contributed by atoms with Crippen molar-refractivity contribution in [1.82, 2.24) is 15.4 Å². The molecular formula is C15H20F3N3O4S. The van der Waals surface area contributed by atoms with Crippen LogP contribution in [0.15, 0.2) is 29.2 Å². The summed E-state index contributed by atoms with van der Waals surface area (Å²) in [6, 6.07) is 3.90. The molecule has 146 valence electrons. The van der Waals surface area contributed by atoms with E-state index in [2.05, 4.69) is 20.1 Å². The number of rotatable bonds is 7. The van der Waals surface area contributed by atoms with Gasteiger partial charge in [0.25, 0.3) is 0 Å². The Balaban J connectivity index is 1.81. The second kappa shape index (κ2) is 8.69. The van der Waals surface area contributed by atoms with Crippen LogP contribution in [0.4, 0.5) is 13.2 Å². The van der Waals surface area contributed by atoms with E-state index < -0.39 is 22.1 Å². The van der Waals surface area contributed by atoms with Crippen LogP contribution in [-0.2, 0) is 14.8 Å². The number of hydrogen-bond donors (Lipinski definition) is 3. The van der Waals surface area contributed by atoms with E-state index >= 15 is 0 Å². The van der Waals surface area contributed by atoms with E-state index in [1.54, 1.807) is 0 Å². The molecule has 1 amide bonds. The first-order valence-electron chi connectivity index (χ1n) is 8.01. The summed E-state index contributed by atoms with van der Waals surface area (Å²) in [5.41, 5.74) is 0. The summed E-state index contributed by atoms with van der Waals surface area (Å²) in [6.45, 7) is 1.54. The second-order valence-electron chi connectivity index (χ2n) is 5.76. The van der Waals surface area contributed by atoms with Crippen LogP contribution < -0.4 is 20.1 Å². The van der Waals surface area contributed by atoms with Crippen LogP contribution in [0.3, 0.4) is 0 Å². The standard InChI is InChI=1S/C15H20F3N3O4S/c16-15(17,18)25-12-1-3-13(4-2-12)26(23,24)20-10-7-14(22)21-11-5-8-19-9-6-11/h1-4,11,19-20H,5-10H2,(H,21,22). The molecule has 0 saturated carbocycles. The Morgan fingerprint density at radius 3 is 2.38 bits per heavy atom. The van der Waals surface area contributed by atoms with Crippen molar-refractivity contribution in [3.8, 4) is 5.75 Å². The molecule has 0 atom stereocenters. The number of ether oxygens (including phenoxy) is 1. The van der Waals surface area contributed by atoms with Gasteiger partial charge >= 0.3 is 6.36 Å². The summed E-state index contributed by atoms with van der Waals surface area (Å²) in [7, 11) is -3.93. The van der Waals surface area contributed by atoms with Gasteiger partial charge in [0.1, 0.15) is 5.75 Å². The molecule has 1 aromatic rings. The normalized spacial score (nSPS) is 16.3. The van der Waals surface area contributed by atoms with Gasteiger partial charge in [0.15, 0.2) is 0 Å². The maximum absolute atomic E-state index is 12.1. The fourth-order valence-electron chi connectivity index (χ4n) is 2.47. The lowest BCUT2D eigenvalue weighted by Gasteiger charge is -2.23. The number of piperidine rings is 1. The molecule has 0 aliphatic carbocycles. The third-order valence-corrected chi connectivity index (χ3v) is 5.19. The molecule has 11 heteroatoms. The quantitative estimate of drug-likeness (QED) is 0.643. The molecule has 1 aliphatic heterocycles. The van der Waals surface area contributed by atoms with Crippen molar-refractivity contribution in [2.45, 2.75) is 36.6 Å². The van der Waals surface area contributed by atoms with E-state index in [1.807, 2.05) is 0 Å². The molecule has 1 aliphatic rings. The minimum absolute atomic E-state index is 0.0293. The van der Waals surface area contributed by atoms with Gasteiger partial charge in [-0.05, 0) is 50.2 Å². The molecule has 0 spiro atoms. The van der Waals surface area contributed by atoms with Crippen molar-refractivity contribution in [2.75, 3.05) is 19.6 Å². The minimum atomic E-state index is -4.85. The van der Waals surface area contributed by atoms with Gasteiger partial charge in [-0.1, -0.05) is 0 Å². The second-order valence-corrected chi connectivity index (χ2v) is 7.53. The van der Waals surface area contributed by atoms with Gasteiger partial charge in [0.2, 0.25) is 15.9 Å². The Kier molecular flexibility index (Phi) is 6.84. The van der Waals surface area contributed by atoms with Gasteiger partial charge in [-0.15, -0.1) is 13.2 Å². The molecule has 0 bridgehead atoms. The lowest BCUT2D eigenvalue weighted by molar-refractivity contribution is -0.274. The number of carbonyl (C=O) groups is 1. The number of benzene rings is 1. The number of hydrogen-bond acceptors (Lipinski definition) is 5. The Hall–Kier alpha value is -1.85. The highest BCUT2D eigenvalue weighted by Gasteiger charge is 2.31. The third kappa shape index (κ3) is 6.81. The summed E-state index contributed by atoms with van der Waals surface area (Å²) in [5, 5.41) is 6.01. The van der Waals surface area contributed by atoms with E-state index in [0.29, 0.717) is 0 Å². The molecular weight excluding hydrogens is 375 g/mol. The molecule has 1 aromatic carbocycles. The largest absolute Gasteiger partial charge is 0.573 e. The molecule has 1 saturated heterocycles. The van der Waals surface area contributed by atoms with Crippen molar-refractivity contribution < 1.29 is 31.1 Å². The molecule has 1 fully saturated rings. The molecule has 7 nitrogen and oxygen atoms in total. The summed E-state index contributed by atoms with van der Waals surface area (Å²) >= 11 is 0. The van der Waals surface area contributed by atoms with Crippen LogP contribution in [0, 0.1) is 0 Å². The van der Waals surface area contributed by atoms with E-state index in [-0.39, 0.29) is 29.8 Å². The number of carbonyl (C=O) groups excluding carboxylic acids is 1. The first-order chi connectivity index (χ1) is 12.2. The monoisotopic (exact) mass is 395 g/mol. The van der Waals surface area contributed by atoms with E-state index in [4.69, 9.17) is 0 Å². The number of alkyl halides is 3. The highest BCUT2D eigenvalue weighted by molar-refractivity contribution is 7.89. The zero-order valence-corrected chi connectivity index (χ0v) is 14.6. The van der Waals surface area contributed by atoms with Crippen LogP contribution in [0.1, 0.15) is 19.3 Å². The minimum Gasteiger partial charge on any atom is -0.406 e. The van der Waals surface area contributed by atoms with E-state index in [9.17, 15) is 26.4 Å². The summed E-state index contributed by atoms with van der Waals surface area (Å²) in [6.07, 6.45) is -3.23. The predicted molar refractivity (Wildman–Crippen MR) is 87.0 cm³/mol. The molecule has 1 heterocycles. The average Bonchev–Trinajstić information content (AvgIpc) is 2.54. The molecule has 0 unspecified atom stereocenters. The van der Waals surface area contributed by atoms with Crippen LogP contribution in [0.2, 0.25) is 0 Å². The Morgan fingerprint density at radius 2 is 1.81 bits per heavy atom. The maximum atomic E-state index is 12.1. The van der Waals surface area contributed by atoms with Crippen molar-refractivity contribution >= 4 is 15.9 Å². The Bertz CT molecular complexity index is 702. The van der Waals surface area contributed by atoms with Crippen LogP contribution in [-0.4, -0.2) is 46.4 Å². The molecule has 0 radical (unpaired) electrons. The topological polar surface area (TPSA) is 96.5 Å². The number of nitrogens with one attached hydrogen (secondary N) is 3. The molecule has 26 heavy (non-hydrogen) atoms. The summed E-state index contributed by atoms with van der Waals surface area (Å²) in [5.74, 6) is -0.772. The van der Waals surface area contributed by atoms with Gasteiger partial charge in [-0.25, -0.2) is 13.1 Å². The zero-order valence-electron chi connectivity index (χ0n) is 13.8. The van der Waals surface area contributed by atoms with Crippen molar-refractivity contribution in [2.24, 2.45) is 0 Å². The van der Waals surface area contributed by atoms with Crippen molar-refractivity contribution in [1.29, 1.82) is 0 Å². The van der Waals surface area contributed by atoms with Gasteiger partial charge in [-0.2, -0.15) is 0 Å². The molecule has 0 aromatic heterocycles. The predicted octanol–water partition coefficient (Wildman–Crippen LogP) is 1.12. The fraction of sp³-hybridized carbons (Fsp3) is 0.533. The maximum Gasteiger partial charge on any atom is 0.573 e. The lowest BCUT2D eigenvalue weighted by atomic mass is 10.1. The van der Waals surface area contributed by atoms with Crippen LogP contribution in [0.5, 0.6) is 5.75 Å².